The molecule has 0 aromatic heterocycles. The zero-order chi connectivity index (χ0) is 22.9. The second-order valence-electron chi connectivity index (χ2n) is 8.23. The van der Waals surface area contributed by atoms with E-state index in [1.54, 1.807) is 35.2 Å². The van der Waals surface area contributed by atoms with Crippen molar-refractivity contribution in [2.24, 2.45) is 0 Å². The van der Waals surface area contributed by atoms with Gasteiger partial charge < -0.3 is 14.7 Å². The van der Waals surface area contributed by atoms with E-state index in [1.165, 1.54) is 19.2 Å². The molecule has 1 aliphatic heterocycles. The highest BCUT2D eigenvalue weighted by Crippen LogP contribution is 2.27. The van der Waals surface area contributed by atoms with Crippen LogP contribution in [0.3, 0.4) is 0 Å². The Kier molecular flexibility index (Phi) is 8.76. The van der Waals surface area contributed by atoms with Gasteiger partial charge in [0, 0.05) is 32.4 Å². The van der Waals surface area contributed by atoms with Crippen molar-refractivity contribution in [1.82, 2.24) is 4.90 Å². The molecule has 0 saturated carbocycles. The highest BCUT2D eigenvalue weighted by Gasteiger charge is 2.22. The van der Waals surface area contributed by atoms with Crippen LogP contribution in [-0.2, 0) is 22.6 Å². The van der Waals surface area contributed by atoms with Crippen LogP contribution in [0, 0.1) is 5.82 Å². The minimum Gasteiger partial charge on any atom is -0.478 e. The molecule has 1 amide bonds. The molecule has 0 spiro atoms. The molecule has 3 rings (SSSR count). The first kappa shape index (κ1) is 23.9. The molecule has 32 heavy (non-hydrogen) atoms. The highest BCUT2D eigenvalue weighted by atomic mass is 19.1. The molecule has 0 atom stereocenters. The van der Waals surface area contributed by atoms with Crippen molar-refractivity contribution in [3.8, 4) is 0 Å². The van der Waals surface area contributed by atoms with Gasteiger partial charge in [0.2, 0.25) is 0 Å². The first-order valence-electron chi connectivity index (χ1n) is 11.1. The molecule has 0 bridgehead atoms. The predicted octanol–water partition coefficient (Wildman–Crippen LogP) is 4.47. The van der Waals surface area contributed by atoms with Crippen LogP contribution in [0.1, 0.15) is 53.6 Å². The average Bonchev–Trinajstić information content (AvgIpc) is 2.76. The van der Waals surface area contributed by atoms with Gasteiger partial charge in [-0.05, 0) is 60.8 Å². The monoisotopic (exact) mass is 442 g/mol. The second-order valence-corrected chi connectivity index (χ2v) is 8.23. The third-order valence-electron chi connectivity index (χ3n) is 5.76. The predicted molar refractivity (Wildman–Crippen MR) is 121 cm³/mol. The summed E-state index contributed by atoms with van der Waals surface area (Å²) >= 11 is 0. The third kappa shape index (κ3) is 6.61. The molecule has 0 unspecified atom stereocenters. The van der Waals surface area contributed by atoms with Gasteiger partial charge in [0.1, 0.15) is 12.4 Å². The fourth-order valence-corrected chi connectivity index (χ4v) is 4.13. The largest absolute Gasteiger partial charge is 0.478 e. The molecule has 172 valence electrons. The van der Waals surface area contributed by atoms with Crippen LogP contribution in [-0.4, -0.2) is 48.7 Å². The zero-order valence-corrected chi connectivity index (χ0v) is 18.6. The lowest BCUT2D eigenvalue weighted by atomic mass is 10.0. The Morgan fingerprint density at radius 2 is 1.69 bits per heavy atom. The molecule has 2 aromatic rings. The second kappa shape index (κ2) is 11.7. The van der Waals surface area contributed by atoms with Crippen molar-refractivity contribution in [3.05, 3.63) is 65.0 Å². The van der Waals surface area contributed by atoms with Gasteiger partial charge in [-0.2, -0.15) is 0 Å². The summed E-state index contributed by atoms with van der Waals surface area (Å²) in [4.78, 5) is 28.4. The van der Waals surface area contributed by atoms with Gasteiger partial charge in [0.25, 0.3) is 5.91 Å². The number of halogens is 1. The molecule has 0 radical (unpaired) electrons. The lowest BCUT2D eigenvalue weighted by molar-refractivity contribution is -0.122. The van der Waals surface area contributed by atoms with Crippen LogP contribution in [0.4, 0.5) is 10.1 Å². The maximum absolute atomic E-state index is 13.3. The van der Waals surface area contributed by atoms with Gasteiger partial charge >= 0.3 is 5.97 Å². The number of anilines is 1. The molecular weight excluding hydrogens is 411 g/mol. The number of amides is 1. The van der Waals surface area contributed by atoms with Crippen molar-refractivity contribution in [2.45, 2.75) is 45.2 Å². The number of rotatable bonds is 5. The number of carboxylic acid groups (broad SMARTS) is 1. The molecule has 1 N–H and O–H groups in total. The maximum Gasteiger partial charge on any atom is 0.335 e. The summed E-state index contributed by atoms with van der Waals surface area (Å²) in [6.45, 7) is 2.48. The number of methoxy groups -OCH3 is 1. The lowest BCUT2D eigenvalue weighted by Gasteiger charge is -2.29. The summed E-state index contributed by atoms with van der Waals surface area (Å²) in [6.07, 6.45) is 5.13. The highest BCUT2D eigenvalue weighted by molar-refractivity contribution is 5.96. The Bertz CT molecular complexity index is 917. The number of benzene rings is 2. The quantitative estimate of drug-likeness (QED) is 0.740. The van der Waals surface area contributed by atoms with Gasteiger partial charge in [-0.1, -0.05) is 31.4 Å². The number of hydrogen-bond acceptors (Lipinski definition) is 4. The maximum atomic E-state index is 13.3. The van der Waals surface area contributed by atoms with Crippen molar-refractivity contribution in [2.75, 3.05) is 31.7 Å². The fraction of sp³-hybridized carbons (Fsp3) is 0.440. The van der Waals surface area contributed by atoms with E-state index in [0.29, 0.717) is 19.6 Å². The molecule has 2 aromatic carbocycles. The van der Waals surface area contributed by atoms with Crippen molar-refractivity contribution >= 4 is 17.6 Å². The van der Waals surface area contributed by atoms with Crippen molar-refractivity contribution in [1.29, 1.82) is 0 Å². The van der Waals surface area contributed by atoms with E-state index in [0.717, 1.165) is 55.5 Å². The minimum atomic E-state index is -1.00. The van der Waals surface area contributed by atoms with E-state index in [9.17, 15) is 19.1 Å². The minimum absolute atomic E-state index is 0.0284. The number of carbonyl (C=O) groups excluding carboxylic acids is 1. The van der Waals surface area contributed by atoms with Gasteiger partial charge in [0.05, 0.1) is 5.56 Å². The molecule has 1 aliphatic rings. The normalized spacial score (nSPS) is 16.0. The van der Waals surface area contributed by atoms with Crippen molar-refractivity contribution in [3.63, 3.8) is 0 Å². The Morgan fingerprint density at radius 1 is 1.00 bits per heavy atom. The van der Waals surface area contributed by atoms with E-state index >= 15 is 0 Å². The number of fused-ring (bicyclic) bond motifs is 1. The van der Waals surface area contributed by atoms with E-state index in [-0.39, 0.29) is 23.9 Å². The van der Waals surface area contributed by atoms with Gasteiger partial charge in [-0.3, -0.25) is 9.69 Å². The Morgan fingerprint density at radius 3 is 2.38 bits per heavy atom. The number of ether oxygens (including phenoxy) is 1. The molecule has 0 saturated heterocycles. The van der Waals surface area contributed by atoms with E-state index in [1.807, 2.05) is 0 Å². The Hall–Kier alpha value is -2.77. The summed E-state index contributed by atoms with van der Waals surface area (Å²) in [7, 11) is 1.49. The summed E-state index contributed by atoms with van der Waals surface area (Å²) in [5, 5.41) is 9.53. The summed E-state index contributed by atoms with van der Waals surface area (Å²) < 4.78 is 18.4. The third-order valence-corrected chi connectivity index (χ3v) is 5.76. The zero-order valence-electron chi connectivity index (χ0n) is 18.6. The number of carboxylic acids is 1. The van der Waals surface area contributed by atoms with Crippen molar-refractivity contribution < 1.29 is 23.8 Å². The Balaban J connectivity index is 1.97. The molecule has 0 fully saturated rings. The fourth-order valence-electron chi connectivity index (χ4n) is 4.13. The molecule has 1 heterocycles. The van der Waals surface area contributed by atoms with E-state index in [4.69, 9.17) is 4.74 Å². The van der Waals surface area contributed by atoms with Crippen LogP contribution in [0.15, 0.2) is 42.5 Å². The lowest BCUT2D eigenvalue weighted by Crippen LogP contribution is -2.36. The van der Waals surface area contributed by atoms with E-state index < -0.39 is 5.97 Å². The smallest absolute Gasteiger partial charge is 0.335 e. The molecule has 7 heteroatoms. The number of aromatic carboxylic acids is 1. The number of carbonyl (C=O) groups is 2. The molecule has 0 aliphatic carbocycles. The van der Waals surface area contributed by atoms with E-state index in [2.05, 4.69) is 4.90 Å². The average molecular weight is 443 g/mol. The number of nitrogens with zero attached hydrogens (tertiary/aromatic N) is 2. The Labute approximate surface area is 188 Å². The van der Waals surface area contributed by atoms with Crippen LogP contribution in [0.25, 0.3) is 0 Å². The van der Waals surface area contributed by atoms with Crippen LogP contribution in [0.5, 0.6) is 0 Å². The van der Waals surface area contributed by atoms with Gasteiger partial charge in [-0.15, -0.1) is 0 Å². The summed E-state index contributed by atoms with van der Waals surface area (Å²) in [5.74, 6) is -1.41. The SMILES string of the molecule is COCC(=O)N1CCCCCCCN(Cc2ccc(F)cc2)Cc2cc(C(=O)O)ccc21. The summed E-state index contributed by atoms with van der Waals surface area (Å²) in [6, 6.07) is 11.4. The molecule has 6 nitrogen and oxygen atoms in total. The first-order chi connectivity index (χ1) is 15.5. The summed E-state index contributed by atoms with van der Waals surface area (Å²) in [5.41, 5.74) is 2.69. The molecular formula is C25H31FN2O4. The first-order valence-corrected chi connectivity index (χ1v) is 11.1. The van der Waals surface area contributed by atoms with Crippen LogP contribution < -0.4 is 4.90 Å². The van der Waals surface area contributed by atoms with Gasteiger partial charge in [0.15, 0.2) is 0 Å². The topological polar surface area (TPSA) is 70.1 Å². The van der Waals surface area contributed by atoms with Gasteiger partial charge in [-0.25, -0.2) is 9.18 Å². The standard InChI is InChI=1S/C25H31FN2O4/c1-32-18-24(29)28-14-6-4-2-3-5-13-27(16-19-7-10-22(26)11-8-19)17-21-15-20(25(30)31)9-12-23(21)28/h7-12,15H,2-6,13-14,16-18H2,1H3,(H,30,31). The van der Waals surface area contributed by atoms with Crippen LogP contribution >= 0.6 is 0 Å². The van der Waals surface area contributed by atoms with Crippen LogP contribution in [0.2, 0.25) is 0 Å². The number of hydrogen-bond donors (Lipinski definition) is 1.